The molecule has 0 N–H and O–H groups in total. The molecule has 0 radical (unpaired) electrons. The van der Waals surface area contributed by atoms with E-state index in [4.69, 9.17) is 9.47 Å². The number of methoxy groups -OCH3 is 1. The molecule has 1 aliphatic carbocycles. The Hall–Kier alpha value is -1.84. The van der Waals surface area contributed by atoms with Crippen molar-refractivity contribution >= 4 is 11.9 Å². The highest BCUT2D eigenvalue weighted by molar-refractivity contribution is 5.73. The predicted octanol–water partition coefficient (Wildman–Crippen LogP) is 3.35. The molecular weight excluding hydrogens is 280 g/mol. The molecule has 3 atom stereocenters. The van der Waals surface area contributed by atoms with Crippen LogP contribution in [0.3, 0.4) is 0 Å². The highest BCUT2D eigenvalue weighted by Crippen LogP contribution is 2.36. The third-order valence-electron chi connectivity index (χ3n) is 4.49. The summed E-state index contributed by atoms with van der Waals surface area (Å²) in [7, 11) is 1.42. The van der Waals surface area contributed by atoms with Crippen LogP contribution in [0.2, 0.25) is 0 Å². The molecule has 0 aromatic heterocycles. The van der Waals surface area contributed by atoms with Gasteiger partial charge in [-0.25, -0.2) is 0 Å². The van der Waals surface area contributed by atoms with E-state index in [1.165, 1.54) is 7.11 Å². The van der Waals surface area contributed by atoms with Crippen LogP contribution < -0.4 is 0 Å². The lowest BCUT2D eigenvalue weighted by atomic mass is 9.74. The summed E-state index contributed by atoms with van der Waals surface area (Å²) < 4.78 is 10.2. The topological polar surface area (TPSA) is 52.6 Å². The summed E-state index contributed by atoms with van der Waals surface area (Å²) >= 11 is 0. The average molecular weight is 304 g/mol. The predicted molar refractivity (Wildman–Crippen MR) is 82.9 cm³/mol. The largest absolute Gasteiger partial charge is 0.469 e. The number of hydrogen-bond donors (Lipinski definition) is 0. The van der Waals surface area contributed by atoms with Crippen molar-refractivity contribution in [3.05, 3.63) is 35.9 Å². The van der Waals surface area contributed by atoms with Crippen LogP contribution in [0.4, 0.5) is 0 Å². The number of carbonyl (C=O) groups excluding carboxylic acids is 2. The second-order valence-corrected chi connectivity index (χ2v) is 6.14. The number of esters is 2. The van der Waals surface area contributed by atoms with E-state index < -0.39 is 0 Å². The van der Waals surface area contributed by atoms with Crippen LogP contribution >= 0.6 is 0 Å². The maximum atomic E-state index is 12.3. The molecule has 0 aliphatic heterocycles. The minimum Gasteiger partial charge on any atom is -0.469 e. The maximum Gasteiger partial charge on any atom is 0.309 e. The lowest BCUT2D eigenvalue weighted by Crippen LogP contribution is -2.31. The van der Waals surface area contributed by atoms with E-state index in [0.29, 0.717) is 18.9 Å². The minimum absolute atomic E-state index is 0.0578. The van der Waals surface area contributed by atoms with E-state index in [1.807, 2.05) is 30.3 Å². The Morgan fingerprint density at radius 1 is 1.18 bits per heavy atom. The van der Waals surface area contributed by atoms with Gasteiger partial charge in [-0.3, -0.25) is 9.59 Å². The van der Waals surface area contributed by atoms with Crippen LogP contribution in [0.15, 0.2) is 30.3 Å². The molecule has 0 spiro atoms. The molecule has 2 rings (SSSR count). The van der Waals surface area contributed by atoms with Crippen LogP contribution in [0, 0.1) is 17.8 Å². The number of carbonyl (C=O) groups is 2. The molecule has 1 aliphatic rings. The molecule has 4 heteroatoms. The van der Waals surface area contributed by atoms with Crippen molar-refractivity contribution in [1.82, 2.24) is 0 Å². The lowest BCUT2D eigenvalue weighted by Gasteiger charge is -2.32. The summed E-state index contributed by atoms with van der Waals surface area (Å²) in [5, 5.41) is 0. The summed E-state index contributed by atoms with van der Waals surface area (Å²) in [5.74, 6) is 0.222. The fraction of sp³-hybridized carbons (Fsp3) is 0.556. The van der Waals surface area contributed by atoms with Gasteiger partial charge in [0.1, 0.15) is 6.61 Å². The molecule has 0 bridgehead atoms. The normalized spacial score (nSPS) is 24.5. The molecule has 0 heterocycles. The van der Waals surface area contributed by atoms with Gasteiger partial charge in [0.2, 0.25) is 0 Å². The number of ether oxygens (including phenoxy) is 2. The molecule has 120 valence electrons. The first-order valence-electron chi connectivity index (χ1n) is 7.87. The molecule has 22 heavy (non-hydrogen) atoms. The molecule has 1 fully saturated rings. The smallest absolute Gasteiger partial charge is 0.309 e. The van der Waals surface area contributed by atoms with Crippen molar-refractivity contribution in [3.8, 4) is 0 Å². The Kier molecular flexibility index (Phi) is 5.99. The zero-order chi connectivity index (χ0) is 15.9. The van der Waals surface area contributed by atoms with Gasteiger partial charge in [0.05, 0.1) is 13.0 Å². The Balaban J connectivity index is 1.80. The van der Waals surface area contributed by atoms with E-state index in [1.54, 1.807) is 0 Å². The van der Waals surface area contributed by atoms with Gasteiger partial charge in [0.15, 0.2) is 0 Å². The van der Waals surface area contributed by atoms with E-state index in [9.17, 15) is 9.59 Å². The average Bonchev–Trinajstić information content (AvgIpc) is 2.53. The molecule has 1 aromatic rings. The molecule has 1 saturated carbocycles. The lowest BCUT2D eigenvalue weighted by molar-refractivity contribution is -0.153. The van der Waals surface area contributed by atoms with Gasteiger partial charge in [-0.15, -0.1) is 0 Å². The highest BCUT2D eigenvalue weighted by Gasteiger charge is 2.34. The Labute approximate surface area is 131 Å². The van der Waals surface area contributed by atoms with Crippen molar-refractivity contribution in [2.45, 2.75) is 39.2 Å². The van der Waals surface area contributed by atoms with Crippen LogP contribution in [0.1, 0.15) is 38.2 Å². The quantitative estimate of drug-likeness (QED) is 0.783. The van der Waals surface area contributed by atoms with Crippen molar-refractivity contribution in [3.63, 3.8) is 0 Å². The summed E-state index contributed by atoms with van der Waals surface area (Å²) in [4.78, 5) is 23.6. The van der Waals surface area contributed by atoms with E-state index in [-0.39, 0.29) is 23.8 Å². The second-order valence-electron chi connectivity index (χ2n) is 6.14. The third kappa shape index (κ3) is 4.58. The SMILES string of the molecule is COC(=O)C[C@@H]1CC[C@H](C(=O)OCc2ccccc2)[C@@H](C)C1. The van der Waals surface area contributed by atoms with E-state index in [0.717, 1.165) is 24.8 Å². The van der Waals surface area contributed by atoms with Crippen molar-refractivity contribution in [2.24, 2.45) is 17.8 Å². The highest BCUT2D eigenvalue weighted by atomic mass is 16.5. The van der Waals surface area contributed by atoms with Gasteiger partial charge in [0, 0.05) is 6.42 Å². The fourth-order valence-electron chi connectivity index (χ4n) is 3.20. The molecular formula is C18H24O4. The number of benzene rings is 1. The van der Waals surface area contributed by atoms with E-state index >= 15 is 0 Å². The standard InChI is InChI=1S/C18H24O4/c1-13-10-15(11-17(19)21-2)8-9-16(13)18(20)22-12-14-6-4-3-5-7-14/h3-7,13,15-16H,8-12H2,1-2H3/t13-,15+,16-/m0/s1. The first-order chi connectivity index (χ1) is 10.6. The van der Waals surface area contributed by atoms with Crippen molar-refractivity contribution < 1.29 is 19.1 Å². The van der Waals surface area contributed by atoms with E-state index in [2.05, 4.69) is 6.92 Å². The van der Waals surface area contributed by atoms with Crippen LogP contribution in [0.25, 0.3) is 0 Å². The summed E-state index contributed by atoms with van der Waals surface area (Å²) in [6, 6.07) is 9.71. The monoisotopic (exact) mass is 304 g/mol. The maximum absolute atomic E-state index is 12.3. The second kappa shape index (κ2) is 7.97. The fourth-order valence-corrected chi connectivity index (χ4v) is 3.20. The number of hydrogen-bond acceptors (Lipinski definition) is 4. The van der Waals surface area contributed by atoms with Gasteiger partial charge >= 0.3 is 11.9 Å². The Bertz CT molecular complexity index is 497. The summed E-state index contributed by atoms with van der Waals surface area (Å²) in [5.41, 5.74) is 1.00. The first kappa shape index (κ1) is 16.5. The zero-order valence-electron chi connectivity index (χ0n) is 13.3. The van der Waals surface area contributed by atoms with Crippen LogP contribution in [0.5, 0.6) is 0 Å². The molecule has 0 saturated heterocycles. The van der Waals surface area contributed by atoms with Gasteiger partial charge in [-0.05, 0) is 36.7 Å². The van der Waals surface area contributed by atoms with Crippen molar-refractivity contribution in [2.75, 3.05) is 7.11 Å². The third-order valence-corrected chi connectivity index (χ3v) is 4.49. The minimum atomic E-state index is -0.165. The van der Waals surface area contributed by atoms with Gasteiger partial charge in [0.25, 0.3) is 0 Å². The molecule has 4 nitrogen and oxygen atoms in total. The van der Waals surface area contributed by atoms with Crippen molar-refractivity contribution in [1.29, 1.82) is 0 Å². The zero-order valence-corrected chi connectivity index (χ0v) is 13.3. The Morgan fingerprint density at radius 2 is 1.91 bits per heavy atom. The molecule has 1 aromatic carbocycles. The molecule has 0 unspecified atom stereocenters. The Morgan fingerprint density at radius 3 is 2.55 bits per heavy atom. The summed E-state index contributed by atoms with van der Waals surface area (Å²) in [6.07, 6.45) is 2.99. The van der Waals surface area contributed by atoms with Crippen LogP contribution in [-0.2, 0) is 25.7 Å². The van der Waals surface area contributed by atoms with Crippen LogP contribution in [-0.4, -0.2) is 19.0 Å². The van der Waals surface area contributed by atoms with Gasteiger partial charge < -0.3 is 9.47 Å². The summed E-state index contributed by atoms with van der Waals surface area (Å²) in [6.45, 7) is 2.40. The first-order valence-corrected chi connectivity index (χ1v) is 7.87. The van der Waals surface area contributed by atoms with Gasteiger partial charge in [-0.1, -0.05) is 37.3 Å². The number of rotatable bonds is 5. The molecule has 0 amide bonds. The van der Waals surface area contributed by atoms with Gasteiger partial charge in [-0.2, -0.15) is 0 Å².